The molecule has 0 aliphatic heterocycles. The van der Waals surface area contributed by atoms with E-state index in [9.17, 15) is 4.79 Å². The number of carbonyl (C=O) groups excluding carboxylic acids is 1. The fraction of sp³-hybridized carbons (Fsp3) is 0.700. The number of ketones is 1. The van der Waals surface area contributed by atoms with Gasteiger partial charge < -0.3 is 0 Å². The van der Waals surface area contributed by atoms with Gasteiger partial charge in [-0.25, -0.2) is 0 Å². The Morgan fingerprint density at radius 1 is 1.45 bits per heavy atom. The first kappa shape index (κ1) is 10.4. The zero-order chi connectivity index (χ0) is 8.85. The van der Waals surface area contributed by atoms with E-state index in [-0.39, 0.29) is 5.78 Å². The molecule has 0 amide bonds. The maximum Gasteiger partial charge on any atom is 0.155 e. The summed E-state index contributed by atoms with van der Waals surface area (Å²) in [4.78, 5) is 10.9. The zero-order valence-electron chi connectivity index (χ0n) is 7.76. The molecule has 0 aliphatic carbocycles. The fourth-order valence-electron chi connectivity index (χ4n) is 1.00. The van der Waals surface area contributed by atoms with Gasteiger partial charge in [-0.15, -0.1) is 0 Å². The number of rotatable bonds is 5. The highest BCUT2D eigenvalue weighted by Crippen LogP contribution is 2.18. The van der Waals surface area contributed by atoms with Gasteiger partial charge in [0.2, 0.25) is 0 Å². The summed E-state index contributed by atoms with van der Waals surface area (Å²) in [6.45, 7) is 9.90. The van der Waals surface area contributed by atoms with Crippen LogP contribution in [0.4, 0.5) is 0 Å². The summed E-state index contributed by atoms with van der Waals surface area (Å²) in [7, 11) is 0. The molecule has 0 radical (unpaired) electrons. The van der Waals surface area contributed by atoms with Crippen LogP contribution in [0.2, 0.25) is 0 Å². The van der Waals surface area contributed by atoms with Crippen molar-refractivity contribution in [2.75, 3.05) is 0 Å². The highest BCUT2D eigenvalue weighted by Gasteiger charge is 2.12. The number of hydrogen-bond donors (Lipinski definition) is 0. The van der Waals surface area contributed by atoms with E-state index in [0.717, 1.165) is 6.42 Å². The molecule has 0 aromatic carbocycles. The van der Waals surface area contributed by atoms with Crippen LogP contribution in [0.15, 0.2) is 12.7 Å². The highest BCUT2D eigenvalue weighted by molar-refractivity contribution is 5.89. The van der Waals surface area contributed by atoms with E-state index in [4.69, 9.17) is 0 Å². The minimum absolute atomic E-state index is 0.165. The molecule has 0 aliphatic rings. The number of allylic oxidation sites excluding steroid dienone is 1. The molecule has 0 rings (SSSR count). The van der Waals surface area contributed by atoms with Crippen LogP contribution in [0.1, 0.15) is 33.6 Å². The molecule has 0 spiro atoms. The van der Waals surface area contributed by atoms with Crippen molar-refractivity contribution in [1.29, 1.82) is 0 Å². The molecule has 1 heteroatoms. The first-order valence-electron chi connectivity index (χ1n) is 4.27. The zero-order valence-corrected chi connectivity index (χ0v) is 7.76. The van der Waals surface area contributed by atoms with E-state index in [1.54, 1.807) is 0 Å². The SMILES string of the molecule is C=CC(=O)CC(C)C(C)CC. The Hall–Kier alpha value is -0.590. The fourth-order valence-corrected chi connectivity index (χ4v) is 1.00. The van der Waals surface area contributed by atoms with Crippen LogP contribution in [0, 0.1) is 11.8 Å². The Morgan fingerprint density at radius 3 is 2.36 bits per heavy atom. The van der Waals surface area contributed by atoms with Gasteiger partial charge in [0.1, 0.15) is 0 Å². The van der Waals surface area contributed by atoms with Crippen molar-refractivity contribution < 1.29 is 4.79 Å². The quantitative estimate of drug-likeness (QED) is 0.556. The topological polar surface area (TPSA) is 17.1 Å². The van der Waals surface area contributed by atoms with Crippen LogP contribution in [-0.2, 0) is 4.79 Å². The summed E-state index contributed by atoms with van der Waals surface area (Å²) in [6.07, 6.45) is 3.21. The molecule has 0 aromatic heterocycles. The lowest BCUT2D eigenvalue weighted by atomic mass is 9.89. The van der Waals surface area contributed by atoms with Crippen molar-refractivity contribution in [2.24, 2.45) is 11.8 Å². The van der Waals surface area contributed by atoms with Gasteiger partial charge in [0.05, 0.1) is 0 Å². The van der Waals surface area contributed by atoms with Crippen LogP contribution >= 0.6 is 0 Å². The molecule has 0 heterocycles. The molecular weight excluding hydrogens is 136 g/mol. The van der Waals surface area contributed by atoms with Gasteiger partial charge in [0, 0.05) is 6.42 Å². The summed E-state index contributed by atoms with van der Waals surface area (Å²) in [5, 5.41) is 0. The van der Waals surface area contributed by atoms with Gasteiger partial charge in [0.25, 0.3) is 0 Å². The molecule has 0 saturated carbocycles. The third-order valence-electron chi connectivity index (χ3n) is 2.37. The minimum Gasteiger partial charge on any atom is -0.295 e. The average Bonchev–Trinajstić information content (AvgIpc) is 2.02. The van der Waals surface area contributed by atoms with Crippen LogP contribution in [-0.4, -0.2) is 5.78 Å². The highest BCUT2D eigenvalue weighted by atomic mass is 16.1. The Morgan fingerprint density at radius 2 is 2.00 bits per heavy atom. The largest absolute Gasteiger partial charge is 0.295 e. The number of hydrogen-bond acceptors (Lipinski definition) is 1. The maximum absolute atomic E-state index is 10.9. The standard InChI is InChI=1S/C10H18O/c1-5-8(3)9(4)7-10(11)6-2/h6,8-9H,2,5,7H2,1,3-4H3. The summed E-state index contributed by atoms with van der Waals surface area (Å²) < 4.78 is 0. The van der Waals surface area contributed by atoms with Crippen molar-refractivity contribution in [3.05, 3.63) is 12.7 Å². The summed E-state index contributed by atoms with van der Waals surface area (Å²) >= 11 is 0. The Bertz CT molecular complexity index is 138. The monoisotopic (exact) mass is 154 g/mol. The molecule has 0 aromatic rings. The van der Waals surface area contributed by atoms with Gasteiger partial charge >= 0.3 is 0 Å². The van der Waals surface area contributed by atoms with Crippen LogP contribution in [0.5, 0.6) is 0 Å². The Balaban J connectivity index is 3.76. The summed E-state index contributed by atoms with van der Waals surface area (Å²) in [6, 6.07) is 0. The molecule has 0 bridgehead atoms. The lowest BCUT2D eigenvalue weighted by Gasteiger charge is -2.15. The molecule has 64 valence electrons. The van der Waals surface area contributed by atoms with Crippen LogP contribution < -0.4 is 0 Å². The van der Waals surface area contributed by atoms with E-state index >= 15 is 0 Å². The second-order valence-corrected chi connectivity index (χ2v) is 3.24. The average molecular weight is 154 g/mol. The Kier molecular flexibility index (Phi) is 4.84. The van der Waals surface area contributed by atoms with Crippen molar-refractivity contribution in [2.45, 2.75) is 33.6 Å². The second kappa shape index (κ2) is 5.11. The third-order valence-corrected chi connectivity index (χ3v) is 2.37. The molecule has 0 N–H and O–H groups in total. The van der Waals surface area contributed by atoms with Gasteiger partial charge in [-0.05, 0) is 17.9 Å². The predicted octanol–water partition coefficient (Wildman–Crippen LogP) is 2.81. The first-order valence-corrected chi connectivity index (χ1v) is 4.27. The lowest BCUT2D eigenvalue weighted by Crippen LogP contribution is -2.10. The van der Waals surface area contributed by atoms with E-state index in [1.165, 1.54) is 6.08 Å². The van der Waals surface area contributed by atoms with E-state index < -0.39 is 0 Å². The second-order valence-electron chi connectivity index (χ2n) is 3.24. The van der Waals surface area contributed by atoms with Crippen molar-refractivity contribution in [1.82, 2.24) is 0 Å². The summed E-state index contributed by atoms with van der Waals surface area (Å²) in [5.41, 5.74) is 0. The first-order chi connectivity index (χ1) is 5.11. The van der Waals surface area contributed by atoms with Crippen molar-refractivity contribution >= 4 is 5.78 Å². The molecule has 0 fully saturated rings. The van der Waals surface area contributed by atoms with Crippen molar-refractivity contribution in [3.63, 3.8) is 0 Å². The van der Waals surface area contributed by atoms with Gasteiger partial charge in [-0.2, -0.15) is 0 Å². The van der Waals surface area contributed by atoms with Crippen molar-refractivity contribution in [3.8, 4) is 0 Å². The number of carbonyl (C=O) groups is 1. The van der Waals surface area contributed by atoms with E-state index in [2.05, 4.69) is 27.4 Å². The molecule has 11 heavy (non-hydrogen) atoms. The lowest BCUT2D eigenvalue weighted by molar-refractivity contribution is -0.115. The summed E-state index contributed by atoms with van der Waals surface area (Å²) in [5.74, 6) is 1.29. The minimum atomic E-state index is 0.165. The Labute approximate surface area is 69.5 Å². The normalized spacial score (nSPS) is 15.5. The molecule has 1 nitrogen and oxygen atoms in total. The van der Waals surface area contributed by atoms with Crippen LogP contribution in [0.25, 0.3) is 0 Å². The smallest absolute Gasteiger partial charge is 0.155 e. The van der Waals surface area contributed by atoms with Gasteiger partial charge in [0.15, 0.2) is 5.78 Å². The molecule has 2 atom stereocenters. The van der Waals surface area contributed by atoms with E-state index in [1.807, 2.05) is 0 Å². The third kappa shape index (κ3) is 3.97. The molecule has 0 saturated heterocycles. The van der Waals surface area contributed by atoms with E-state index in [0.29, 0.717) is 18.3 Å². The molecular formula is C10H18O. The predicted molar refractivity (Wildman–Crippen MR) is 48.4 cm³/mol. The van der Waals surface area contributed by atoms with Crippen LogP contribution in [0.3, 0.4) is 0 Å². The van der Waals surface area contributed by atoms with Gasteiger partial charge in [-0.3, -0.25) is 4.79 Å². The maximum atomic E-state index is 10.9. The molecule has 2 unspecified atom stereocenters. The van der Waals surface area contributed by atoms with Gasteiger partial charge in [-0.1, -0.05) is 33.8 Å².